The van der Waals surface area contributed by atoms with Gasteiger partial charge in [-0.2, -0.15) is 0 Å². The van der Waals surface area contributed by atoms with Crippen molar-refractivity contribution in [3.63, 3.8) is 0 Å². The molecule has 0 aromatic rings. The van der Waals surface area contributed by atoms with E-state index in [1.165, 1.54) is 6.42 Å². The highest BCUT2D eigenvalue weighted by Crippen LogP contribution is 2.57. The molecule has 2 aliphatic heterocycles. The van der Waals surface area contributed by atoms with E-state index >= 15 is 0 Å². The van der Waals surface area contributed by atoms with Crippen molar-refractivity contribution in [1.82, 2.24) is 0 Å². The first-order valence-electron chi connectivity index (χ1n) is 13.7. The molecule has 8 nitrogen and oxygen atoms in total. The Kier molecular flexibility index (Phi) is 8.13. The zero-order chi connectivity index (χ0) is 26.2. The van der Waals surface area contributed by atoms with Crippen LogP contribution in [0.5, 0.6) is 0 Å². The normalized spacial score (nSPS) is 35.5. The van der Waals surface area contributed by atoms with E-state index in [2.05, 4.69) is 6.92 Å². The summed E-state index contributed by atoms with van der Waals surface area (Å²) in [6.45, 7) is 10.1. The van der Waals surface area contributed by atoms with Crippen LogP contribution in [0.1, 0.15) is 79.6 Å². The Labute approximate surface area is 214 Å². The molecule has 202 valence electrons. The topological polar surface area (TPSA) is 105 Å². The van der Waals surface area contributed by atoms with Crippen molar-refractivity contribution in [3.05, 3.63) is 0 Å². The number of carbonyl (C=O) groups is 4. The molecule has 9 unspecified atom stereocenters. The van der Waals surface area contributed by atoms with Gasteiger partial charge in [0.2, 0.25) is 0 Å². The maximum absolute atomic E-state index is 13.2. The first-order chi connectivity index (χ1) is 16.9. The number of fused-ring (bicyclic) bond motifs is 2. The number of esters is 4. The highest BCUT2D eigenvalue weighted by atomic mass is 16.6. The summed E-state index contributed by atoms with van der Waals surface area (Å²) >= 11 is 0. The van der Waals surface area contributed by atoms with Crippen molar-refractivity contribution in [3.8, 4) is 0 Å². The van der Waals surface area contributed by atoms with Crippen LogP contribution in [-0.4, -0.2) is 48.8 Å². The third-order valence-electron chi connectivity index (χ3n) is 8.79. The average molecular weight is 507 g/mol. The second-order valence-electron chi connectivity index (χ2n) is 12.5. The van der Waals surface area contributed by atoms with E-state index in [-0.39, 0.29) is 31.5 Å². The van der Waals surface area contributed by atoms with Crippen molar-refractivity contribution >= 4 is 23.9 Å². The van der Waals surface area contributed by atoms with Crippen LogP contribution in [0.2, 0.25) is 0 Å². The van der Waals surface area contributed by atoms with E-state index in [0.717, 1.165) is 25.7 Å². The highest BCUT2D eigenvalue weighted by molar-refractivity contribution is 5.97. The summed E-state index contributed by atoms with van der Waals surface area (Å²) in [6.07, 6.45) is 5.40. The van der Waals surface area contributed by atoms with E-state index in [9.17, 15) is 19.2 Å². The smallest absolute Gasteiger partial charge is 0.317 e. The Bertz CT molecular complexity index is 852. The first kappa shape index (κ1) is 27.1. The number of ether oxygens (including phenoxy) is 4. The van der Waals surface area contributed by atoms with Gasteiger partial charge in [-0.3, -0.25) is 19.2 Å². The molecule has 0 N–H and O–H groups in total. The van der Waals surface area contributed by atoms with Gasteiger partial charge in [0, 0.05) is 6.61 Å². The van der Waals surface area contributed by atoms with E-state index in [4.69, 9.17) is 18.9 Å². The summed E-state index contributed by atoms with van der Waals surface area (Å²) in [6, 6.07) is 0. The van der Waals surface area contributed by atoms with Crippen LogP contribution >= 0.6 is 0 Å². The molecule has 8 heteroatoms. The molecule has 0 aromatic heterocycles. The van der Waals surface area contributed by atoms with Gasteiger partial charge in [0.1, 0.15) is 12.2 Å². The predicted molar refractivity (Wildman–Crippen MR) is 129 cm³/mol. The minimum atomic E-state index is -0.727. The molecule has 0 amide bonds. The van der Waals surface area contributed by atoms with Crippen molar-refractivity contribution < 1.29 is 38.1 Å². The third-order valence-corrected chi connectivity index (χ3v) is 8.79. The quantitative estimate of drug-likeness (QED) is 0.262. The SMILES string of the molecule is CC(CC(CC1C(=O)OC(=O)C1C1C2CCC(C2)C1C)C(=O)OC(C)(C)C)C(=O)OCC1CCCO1. The number of hydrogen-bond donors (Lipinski definition) is 0. The first-order valence-corrected chi connectivity index (χ1v) is 13.7. The minimum absolute atomic E-state index is 0.0773. The van der Waals surface area contributed by atoms with Crippen LogP contribution in [-0.2, 0) is 38.1 Å². The Balaban J connectivity index is 1.47. The van der Waals surface area contributed by atoms with Gasteiger partial charge in [-0.25, -0.2) is 0 Å². The van der Waals surface area contributed by atoms with Gasteiger partial charge in [-0.1, -0.05) is 13.8 Å². The van der Waals surface area contributed by atoms with E-state index in [1.807, 2.05) is 0 Å². The number of rotatable bonds is 9. The largest absolute Gasteiger partial charge is 0.463 e. The molecule has 2 saturated heterocycles. The van der Waals surface area contributed by atoms with Crippen molar-refractivity contribution in [2.24, 2.45) is 47.3 Å². The lowest BCUT2D eigenvalue weighted by molar-refractivity contribution is -0.163. The lowest BCUT2D eigenvalue weighted by atomic mass is 9.68. The molecule has 4 fully saturated rings. The molecule has 0 aromatic carbocycles. The summed E-state index contributed by atoms with van der Waals surface area (Å²) in [7, 11) is 0. The van der Waals surface area contributed by atoms with Crippen LogP contribution in [0.3, 0.4) is 0 Å². The second kappa shape index (κ2) is 10.8. The fourth-order valence-electron chi connectivity index (χ4n) is 7.06. The molecule has 36 heavy (non-hydrogen) atoms. The molecule has 2 saturated carbocycles. The lowest BCUT2D eigenvalue weighted by Crippen LogP contribution is -2.37. The molecule has 2 bridgehead atoms. The fourth-order valence-corrected chi connectivity index (χ4v) is 7.06. The number of carbonyl (C=O) groups excluding carboxylic acids is 4. The van der Waals surface area contributed by atoms with E-state index in [1.54, 1.807) is 27.7 Å². The summed E-state index contributed by atoms with van der Waals surface area (Å²) in [5, 5.41) is 0. The Morgan fingerprint density at radius 2 is 1.78 bits per heavy atom. The zero-order valence-corrected chi connectivity index (χ0v) is 22.3. The predicted octanol–water partition coefficient (Wildman–Crippen LogP) is 4.08. The minimum Gasteiger partial charge on any atom is -0.463 e. The maximum Gasteiger partial charge on any atom is 0.317 e. The number of hydrogen-bond acceptors (Lipinski definition) is 8. The highest BCUT2D eigenvalue weighted by Gasteiger charge is 2.57. The van der Waals surface area contributed by atoms with Gasteiger partial charge in [-0.05, 0) is 89.4 Å². The van der Waals surface area contributed by atoms with Gasteiger partial charge >= 0.3 is 23.9 Å². The summed E-state index contributed by atoms with van der Waals surface area (Å²) < 4.78 is 21.8. The maximum atomic E-state index is 13.2. The Morgan fingerprint density at radius 3 is 2.39 bits per heavy atom. The Hall–Kier alpha value is -1.96. The molecule has 2 aliphatic carbocycles. The molecule has 0 radical (unpaired) electrons. The van der Waals surface area contributed by atoms with Gasteiger partial charge in [0.15, 0.2) is 0 Å². The van der Waals surface area contributed by atoms with Gasteiger partial charge in [-0.15, -0.1) is 0 Å². The van der Waals surface area contributed by atoms with E-state index in [0.29, 0.717) is 24.4 Å². The van der Waals surface area contributed by atoms with Crippen LogP contribution in [0, 0.1) is 47.3 Å². The monoisotopic (exact) mass is 506 g/mol. The summed E-state index contributed by atoms with van der Waals surface area (Å²) in [5.74, 6) is -2.95. The fraction of sp³-hybridized carbons (Fsp3) is 0.857. The van der Waals surface area contributed by atoms with Crippen molar-refractivity contribution in [1.29, 1.82) is 0 Å². The lowest BCUT2D eigenvalue weighted by Gasteiger charge is -2.34. The second-order valence-corrected chi connectivity index (χ2v) is 12.5. The molecule has 2 heterocycles. The van der Waals surface area contributed by atoms with Crippen LogP contribution < -0.4 is 0 Å². The average Bonchev–Trinajstić information content (AvgIpc) is 3.57. The van der Waals surface area contributed by atoms with Crippen LogP contribution in [0.4, 0.5) is 0 Å². The number of cyclic esters (lactones) is 2. The van der Waals surface area contributed by atoms with Crippen molar-refractivity contribution in [2.45, 2.75) is 91.3 Å². The summed E-state index contributed by atoms with van der Waals surface area (Å²) in [5.41, 5.74) is -0.719. The van der Waals surface area contributed by atoms with Gasteiger partial charge < -0.3 is 18.9 Å². The molecular weight excluding hydrogens is 464 g/mol. The standard InChI is InChI=1S/C28H42O8/c1-15(24(29)34-14-20-7-6-10-33-20)11-19(25(30)36-28(3,4)5)13-21-23(27(32)35-26(21)31)22-16(2)17-8-9-18(22)12-17/h15-23H,6-14H2,1-5H3. The molecule has 9 atom stereocenters. The van der Waals surface area contributed by atoms with Gasteiger partial charge in [0.25, 0.3) is 0 Å². The molecule has 4 aliphatic rings. The molecule has 0 spiro atoms. The molecular formula is C28H42O8. The van der Waals surface area contributed by atoms with E-state index < -0.39 is 53.1 Å². The van der Waals surface area contributed by atoms with Crippen LogP contribution in [0.15, 0.2) is 0 Å². The van der Waals surface area contributed by atoms with Crippen molar-refractivity contribution in [2.75, 3.05) is 13.2 Å². The summed E-state index contributed by atoms with van der Waals surface area (Å²) in [4.78, 5) is 51.7. The Morgan fingerprint density at radius 1 is 1.06 bits per heavy atom. The third kappa shape index (κ3) is 5.95. The zero-order valence-electron chi connectivity index (χ0n) is 22.3. The van der Waals surface area contributed by atoms with Crippen LogP contribution in [0.25, 0.3) is 0 Å². The van der Waals surface area contributed by atoms with Gasteiger partial charge in [0.05, 0.1) is 29.8 Å². The molecule has 4 rings (SSSR count).